The summed E-state index contributed by atoms with van der Waals surface area (Å²) < 4.78 is 22.9. The standard InChI is InChI=1S/C11H23NO2S/c1-10(2)15(13,14)9-8-12-7-6-11-4-3-5-11/h10-12H,3-9H2,1-2H3. The molecule has 0 aromatic rings. The van der Waals surface area contributed by atoms with Crippen LogP contribution in [0, 0.1) is 5.92 Å². The van der Waals surface area contributed by atoms with Gasteiger partial charge in [-0.15, -0.1) is 0 Å². The molecule has 1 fully saturated rings. The fourth-order valence-electron chi connectivity index (χ4n) is 1.66. The second-order valence-corrected chi connectivity index (χ2v) is 7.43. The number of hydrogen-bond donors (Lipinski definition) is 1. The van der Waals surface area contributed by atoms with Gasteiger partial charge in [0.05, 0.1) is 11.0 Å². The van der Waals surface area contributed by atoms with E-state index >= 15 is 0 Å². The minimum atomic E-state index is -2.85. The Kier molecular flexibility index (Phi) is 5.06. The summed E-state index contributed by atoms with van der Waals surface area (Å²) in [4.78, 5) is 0. The molecule has 0 aromatic carbocycles. The van der Waals surface area contributed by atoms with Gasteiger partial charge in [-0.1, -0.05) is 19.3 Å². The fraction of sp³-hybridized carbons (Fsp3) is 1.00. The molecule has 0 amide bonds. The highest BCUT2D eigenvalue weighted by atomic mass is 32.2. The van der Waals surface area contributed by atoms with E-state index in [4.69, 9.17) is 0 Å². The normalized spacial score (nSPS) is 18.1. The third-order valence-corrected chi connectivity index (χ3v) is 5.45. The zero-order chi connectivity index (χ0) is 11.3. The summed E-state index contributed by atoms with van der Waals surface area (Å²) in [5.74, 6) is 1.18. The Hall–Kier alpha value is -0.0900. The van der Waals surface area contributed by atoms with E-state index < -0.39 is 9.84 Å². The molecule has 1 saturated carbocycles. The van der Waals surface area contributed by atoms with Crippen molar-refractivity contribution >= 4 is 9.84 Å². The molecule has 0 heterocycles. The smallest absolute Gasteiger partial charge is 0.153 e. The lowest BCUT2D eigenvalue weighted by Gasteiger charge is -2.25. The first kappa shape index (κ1) is 13.0. The molecule has 0 saturated heterocycles. The molecule has 0 aromatic heterocycles. The molecule has 0 radical (unpaired) electrons. The first-order valence-electron chi connectivity index (χ1n) is 5.94. The van der Waals surface area contributed by atoms with Crippen LogP contribution in [0.25, 0.3) is 0 Å². The van der Waals surface area contributed by atoms with Gasteiger partial charge in [-0.3, -0.25) is 0 Å². The van der Waals surface area contributed by atoms with E-state index in [1.807, 2.05) is 0 Å². The number of rotatable bonds is 7. The van der Waals surface area contributed by atoms with E-state index in [-0.39, 0.29) is 11.0 Å². The molecule has 0 bridgehead atoms. The van der Waals surface area contributed by atoms with Crippen molar-refractivity contribution in [2.24, 2.45) is 5.92 Å². The van der Waals surface area contributed by atoms with Gasteiger partial charge in [0.15, 0.2) is 9.84 Å². The maximum atomic E-state index is 11.5. The number of hydrogen-bond acceptors (Lipinski definition) is 3. The second-order valence-electron chi connectivity index (χ2n) is 4.75. The van der Waals surface area contributed by atoms with Crippen LogP contribution in [0.2, 0.25) is 0 Å². The molecule has 1 aliphatic carbocycles. The van der Waals surface area contributed by atoms with Crippen LogP contribution >= 0.6 is 0 Å². The zero-order valence-electron chi connectivity index (χ0n) is 9.83. The number of sulfone groups is 1. The van der Waals surface area contributed by atoms with Crippen LogP contribution in [-0.4, -0.2) is 32.5 Å². The van der Waals surface area contributed by atoms with Gasteiger partial charge < -0.3 is 5.32 Å². The Labute approximate surface area is 93.6 Å². The molecule has 15 heavy (non-hydrogen) atoms. The van der Waals surface area contributed by atoms with Crippen molar-refractivity contribution in [3.63, 3.8) is 0 Å². The minimum absolute atomic E-state index is 0.245. The van der Waals surface area contributed by atoms with E-state index in [9.17, 15) is 8.42 Å². The largest absolute Gasteiger partial charge is 0.316 e. The lowest BCUT2D eigenvalue weighted by atomic mass is 9.83. The Morgan fingerprint density at radius 2 is 1.93 bits per heavy atom. The lowest BCUT2D eigenvalue weighted by molar-refractivity contribution is 0.293. The van der Waals surface area contributed by atoms with Crippen LogP contribution in [0.5, 0.6) is 0 Å². The van der Waals surface area contributed by atoms with Crippen molar-refractivity contribution in [2.75, 3.05) is 18.8 Å². The van der Waals surface area contributed by atoms with Gasteiger partial charge >= 0.3 is 0 Å². The third-order valence-electron chi connectivity index (χ3n) is 3.24. The molecule has 0 spiro atoms. The Bertz CT molecular complexity index is 268. The first-order valence-corrected chi connectivity index (χ1v) is 7.66. The summed E-state index contributed by atoms with van der Waals surface area (Å²) in [6, 6.07) is 0. The zero-order valence-corrected chi connectivity index (χ0v) is 10.6. The summed E-state index contributed by atoms with van der Waals surface area (Å²) in [6.45, 7) is 5.05. The maximum Gasteiger partial charge on any atom is 0.153 e. The van der Waals surface area contributed by atoms with Gasteiger partial charge in [0, 0.05) is 6.54 Å². The second kappa shape index (κ2) is 5.85. The van der Waals surface area contributed by atoms with Crippen LogP contribution in [0.1, 0.15) is 39.5 Å². The van der Waals surface area contributed by atoms with E-state index in [1.165, 1.54) is 25.7 Å². The van der Waals surface area contributed by atoms with Crippen LogP contribution in [0.15, 0.2) is 0 Å². The van der Waals surface area contributed by atoms with Gasteiger partial charge in [-0.05, 0) is 32.7 Å². The average molecular weight is 233 g/mol. The monoisotopic (exact) mass is 233 g/mol. The molecule has 1 rings (SSSR count). The van der Waals surface area contributed by atoms with E-state index in [2.05, 4.69) is 5.32 Å². The van der Waals surface area contributed by atoms with Gasteiger partial charge in [0.25, 0.3) is 0 Å². The third kappa shape index (κ3) is 4.51. The molecular weight excluding hydrogens is 210 g/mol. The van der Waals surface area contributed by atoms with Crippen LogP contribution in [0.4, 0.5) is 0 Å². The fourth-order valence-corrected chi connectivity index (χ4v) is 2.56. The summed E-state index contributed by atoms with van der Waals surface area (Å²) >= 11 is 0. The molecule has 0 aliphatic heterocycles. The van der Waals surface area contributed by atoms with Crippen molar-refractivity contribution in [1.29, 1.82) is 0 Å². The predicted octanol–water partition coefficient (Wildman–Crippen LogP) is 1.59. The van der Waals surface area contributed by atoms with Crippen LogP contribution in [-0.2, 0) is 9.84 Å². The highest BCUT2D eigenvalue weighted by Crippen LogP contribution is 2.28. The SMILES string of the molecule is CC(C)S(=O)(=O)CCNCCC1CCC1. The predicted molar refractivity (Wildman–Crippen MR) is 63.8 cm³/mol. The van der Waals surface area contributed by atoms with Gasteiger partial charge in [0.1, 0.15) is 0 Å². The minimum Gasteiger partial charge on any atom is -0.316 e. The summed E-state index contributed by atoms with van der Waals surface area (Å²) in [5, 5.41) is 2.97. The summed E-state index contributed by atoms with van der Waals surface area (Å²) in [7, 11) is -2.85. The molecule has 0 unspecified atom stereocenters. The van der Waals surface area contributed by atoms with Crippen molar-refractivity contribution in [1.82, 2.24) is 5.32 Å². The summed E-state index contributed by atoms with van der Waals surface area (Å²) in [6.07, 6.45) is 5.33. The molecule has 3 nitrogen and oxygen atoms in total. The highest BCUT2D eigenvalue weighted by molar-refractivity contribution is 7.92. The molecule has 90 valence electrons. The van der Waals surface area contributed by atoms with Crippen molar-refractivity contribution in [3.8, 4) is 0 Å². The first-order chi connectivity index (χ1) is 7.02. The van der Waals surface area contributed by atoms with Gasteiger partial charge in [0.2, 0.25) is 0 Å². The van der Waals surface area contributed by atoms with Gasteiger partial charge in [-0.2, -0.15) is 0 Å². The summed E-state index contributed by atoms with van der Waals surface area (Å²) in [5.41, 5.74) is 0. The Morgan fingerprint density at radius 3 is 2.40 bits per heavy atom. The van der Waals surface area contributed by atoms with E-state index in [1.54, 1.807) is 13.8 Å². The molecule has 1 N–H and O–H groups in total. The van der Waals surface area contributed by atoms with Crippen molar-refractivity contribution in [3.05, 3.63) is 0 Å². The Balaban J connectivity index is 2.00. The van der Waals surface area contributed by atoms with E-state index in [0.717, 1.165) is 12.5 Å². The molecule has 4 heteroatoms. The number of nitrogens with one attached hydrogen (secondary N) is 1. The highest BCUT2D eigenvalue weighted by Gasteiger charge is 2.17. The average Bonchev–Trinajstić information content (AvgIpc) is 2.07. The molecule has 0 atom stereocenters. The van der Waals surface area contributed by atoms with Gasteiger partial charge in [-0.25, -0.2) is 8.42 Å². The van der Waals surface area contributed by atoms with Crippen LogP contribution < -0.4 is 5.32 Å². The quantitative estimate of drug-likeness (QED) is 0.679. The lowest BCUT2D eigenvalue weighted by Crippen LogP contribution is -2.29. The molecular formula is C11H23NO2S. The van der Waals surface area contributed by atoms with E-state index in [0.29, 0.717) is 6.54 Å². The van der Waals surface area contributed by atoms with Crippen LogP contribution in [0.3, 0.4) is 0 Å². The maximum absolute atomic E-state index is 11.5. The Morgan fingerprint density at radius 1 is 1.27 bits per heavy atom. The topological polar surface area (TPSA) is 46.2 Å². The van der Waals surface area contributed by atoms with Crippen molar-refractivity contribution < 1.29 is 8.42 Å². The molecule has 1 aliphatic rings. The van der Waals surface area contributed by atoms with Crippen molar-refractivity contribution in [2.45, 2.75) is 44.8 Å².